The SMILES string of the molecule is CNC(=O)N1CC(N2CC(COC(=O)N3CC(N4CCCc5cc(Cl)cc(-c6ccnc7cc(CN8C(=O)CCC8=O)sc67)c54)C3)Cc3cc(Cl)cc(-c4ccnc5cc(CN6C(=O)CCC6=O)sc45)c32)C1. The second-order valence-electron chi connectivity index (χ2n) is 19.5. The zero-order valence-corrected chi connectivity index (χ0v) is 42.5. The Morgan fingerprint density at radius 1 is 0.653 bits per heavy atom. The van der Waals surface area contributed by atoms with Crippen molar-refractivity contribution in [1.29, 1.82) is 0 Å². The van der Waals surface area contributed by atoms with E-state index in [0.29, 0.717) is 49.2 Å². The maximum atomic E-state index is 13.9. The van der Waals surface area contributed by atoms with Gasteiger partial charge in [0, 0.05) is 144 Å². The number of ether oxygens (including phenoxy) is 1. The predicted molar refractivity (Wildman–Crippen MR) is 276 cm³/mol. The maximum Gasteiger partial charge on any atom is 0.409 e. The Morgan fingerprint density at radius 2 is 1.17 bits per heavy atom. The molecule has 6 aliphatic heterocycles. The fraction of sp³-hybridized carbons (Fsp3) is 0.385. The largest absolute Gasteiger partial charge is 0.449 e. The number of hydrogen-bond donors (Lipinski definition) is 1. The van der Waals surface area contributed by atoms with Crippen LogP contribution in [0.5, 0.6) is 0 Å². The molecule has 1 N–H and O–H groups in total. The van der Waals surface area contributed by atoms with Crippen molar-refractivity contribution in [3.63, 3.8) is 0 Å². The number of nitrogens with one attached hydrogen (secondary N) is 1. The summed E-state index contributed by atoms with van der Waals surface area (Å²) in [6.45, 7) is 4.08. The van der Waals surface area contributed by atoms with Crippen molar-refractivity contribution in [2.45, 2.75) is 70.1 Å². The number of aromatic nitrogens is 2. The molecule has 4 aromatic heterocycles. The van der Waals surface area contributed by atoms with E-state index >= 15 is 0 Å². The van der Waals surface area contributed by atoms with Crippen LogP contribution in [0.3, 0.4) is 0 Å². The molecule has 0 spiro atoms. The number of carbonyl (C=O) groups is 6. The highest BCUT2D eigenvalue weighted by Gasteiger charge is 2.42. The van der Waals surface area contributed by atoms with Gasteiger partial charge in [0.1, 0.15) is 0 Å². The molecule has 16 nitrogen and oxygen atoms in total. The van der Waals surface area contributed by atoms with Gasteiger partial charge in [-0.05, 0) is 78.9 Å². The number of nitrogens with zero attached hydrogens (tertiary/aromatic N) is 8. The van der Waals surface area contributed by atoms with Gasteiger partial charge in [0.25, 0.3) is 0 Å². The minimum absolute atomic E-state index is 0.00242. The summed E-state index contributed by atoms with van der Waals surface area (Å²) in [5.74, 6) is -0.688. The van der Waals surface area contributed by atoms with E-state index in [1.165, 1.54) is 32.5 Å². The number of pyridine rings is 2. The third-order valence-electron chi connectivity index (χ3n) is 14.9. The Morgan fingerprint density at radius 3 is 1.72 bits per heavy atom. The number of carbonyl (C=O) groups excluding carboxylic acids is 6. The van der Waals surface area contributed by atoms with Gasteiger partial charge in [0.05, 0.1) is 52.2 Å². The summed E-state index contributed by atoms with van der Waals surface area (Å²) in [6, 6.07) is 15.8. The van der Waals surface area contributed by atoms with Crippen LogP contribution in [-0.4, -0.2) is 130 Å². The molecule has 20 heteroatoms. The van der Waals surface area contributed by atoms with Gasteiger partial charge < -0.3 is 29.7 Å². The first-order valence-electron chi connectivity index (χ1n) is 24.4. The highest BCUT2D eigenvalue weighted by molar-refractivity contribution is 7.20. The van der Waals surface area contributed by atoms with Crippen LogP contribution in [0.25, 0.3) is 42.7 Å². The van der Waals surface area contributed by atoms with E-state index in [9.17, 15) is 28.8 Å². The molecule has 6 aromatic rings. The van der Waals surface area contributed by atoms with Crippen LogP contribution >= 0.6 is 45.9 Å². The number of aryl methyl sites for hydroxylation is 1. The molecule has 0 radical (unpaired) electrons. The fourth-order valence-corrected chi connectivity index (χ4v) is 14.1. The molecule has 10 heterocycles. The lowest BCUT2D eigenvalue weighted by Gasteiger charge is -2.50. The normalized spacial score (nSPS) is 19.4. The summed E-state index contributed by atoms with van der Waals surface area (Å²) in [5.41, 5.74) is 9.68. The molecule has 2 aromatic carbocycles. The zero-order chi connectivity index (χ0) is 49.5. The number of imide groups is 2. The third-order valence-corrected chi connectivity index (χ3v) is 17.7. The lowest BCUT2D eigenvalue weighted by atomic mass is 9.87. The second kappa shape index (κ2) is 18.6. The third kappa shape index (κ3) is 8.38. The summed E-state index contributed by atoms with van der Waals surface area (Å²) in [7, 11) is 1.63. The van der Waals surface area contributed by atoms with Crippen LogP contribution in [0.1, 0.15) is 53.0 Å². The Hall–Kier alpha value is -6.34. The average Bonchev–Trinajstić information content (AvgIpc) is 4.11. The summed E-state index contributed by atoms with van der Waals surface area (Å²) in [6.07, 6.45) is 6.57. The van der Waals surface area contributed by atoms with Crippen molar-refractivity contribution in [2.24, 2.45) is 5.92 Å². The molecular weight excluding hydrogens is 998 g/mol. The van der Waals surface area contributed by atoms with E-state index in [0.717, 1.165) is 94.3 Å². The number of hydrogen-bond acceptors (Lipinski definition) is 13. The number of urea groups is 1. The number of rotatable bonds is 10. The molecule has 1 unspecified atom stereocenters. The van der Waals surface area contributed by atoms with Crippen LogP contribution in [0.4, 0.5) is 21.0 Å². The maximum absolute atomic E-state index is 13.9. The summed E-state index contributed by atoms with van der Waals surface area (Å²) < 4.78 is 8.05. The van der Waals surface area contributed by atoms with Crippen molar-refractivity contribution in [1.82, 2.24) is 34.9 Å². The van der Waals surface area contributed by atoms with Gasteiger partial charge in [-0.2, -0.15) is 0 Å². The molecule has 1 atom stereocenters. The molecule has 7 amide bonds. The van der Waals surface area contributed by atoms with Crippen LogP contribution < -0.4 is 15.1 Å². The van der Waals surface area contributed by atoms with Gasteiger partial charge in [0.15, 0.2) is 0 Å². The van der Waals surface area contributed by atoms with E-state index in [4.69, 9.17) is 27.9 Å². The van der Waals surface area contributed by atoms with Crippen LogP contribution in [0.2, 0.25) is 10.0 Å². The topological polar surface area (TPSA) is 169 Å². The number of thiophene rings is 2. The zero-order valence-electron chi connectivity index (χ0n) is 39.3. The summed E-state index contributed by atoms with van der Waals surface area (Å²) >= 11 is 16.8. The van der Waals surface area contributed by atoms with Gasteiger partial charge >= 0.3 is 12.1 Å². The molecule has 370 valence electrons. The van der Waals surface area contributed by atoms with Gasteiger partial charge in [-0.15, -0.1) is 22.7 Å². The van der Waals surface area contributed by atoms with E-state index in [1.807, 2.05) is 48.5 Å². The molecule has 12 rings (SSSR count). The Balaban J connectivity index is 0.766. The molecule has 4 saturated heterocycles. The number of amides is 7. The number of fused-ring (bicyclic) bond motifs is 4. The molecule has 0 aliphatic carbocycles. The molecule has 0 bridgehead atoms. The Kier molecular flexibility index (Phi) is 12.1. The van der Waals surface area contributed by atoms with Gasteiger partial charge in [0.2, 0.25) is 23.6 Å². The first-order valence-corrected chi connectivity index (χ1v) is 26.7. The van der Waals surface area contributed by atoms with Crippen molar-refractivity contribution < 1.29 is 33.5 Å². The van der Waals surface area contributed by atoms with Crippen molar-refractivity contribution in [3.8, 4) is 22.3 Å². The lowest BCUT2D eigenvalue weighted by Crippen LogP contribution is -2.64. The second-order valence-corrected chi connectivity index (χ2v) is 22.7. The van der Waals surface area contributed by atoms with E-state index in [2.05, 4.69) is 25.1 Å². The average molecular weight is 1050 g/mol. The lowest BCUT2D eigenvalue weighted by molar-refractivity contribution is -0.140. The van der Waals surface area contributed by atoms with Gasteiger partial charge in [-0.3, -0.25) is 38.9 Å². The number of halogens is 2. The quantitative estimate of drug-likeness (QED) is 0.132. The van der Waals surface area contributed by atoms with Gasteiger partial charge in [-0.25, -0.2) is 9.59 Å². The molecule has 6 aliphatic rings. The van der Waals surface area contributed by atoms with Crippen molar-refractivity contribution >= 4 is 113 Å². The van der Waals surface area contributed by atoms with Crippen LogP contribution in [0, 0.1) is 5.92 Å². The molecular formula is C52H49Cl2N9O7S2. The minimum Gasteiger partial charge on any atom is -0.449 e. The first-order chi connectivity index (χ1) is 34.9. The van der Waals surface area contributed by atoms with E-state index in [-0.39, 0.29) is 99.1 Å². The fourth-order valence-electron chi connectivity index (χ4n) is 11.4. The molecule has 72 heavy (non-hydrogen) atoms. The molecule has 0 saturated carbocycles. The summed E-state index contributed by atoms with van der Waals surface area (Å²) in [5, 5.41) is 3.95. The standard InChI is InChI=1S/C52H49Cl2N9O7S2/c1-55-51(68)58-21-34(22-58)61-20-28(13-30-15-32(54)17-40(48(30)61)38-9-11-57-42-19-36(72-50(38)42)26-63-45(66)6-7-46(63)67)27-70-52(69)59-23-33(24-59)60-12-2-3-29-14-31(53)16-39(47(29)60)37-8-10-56-41-18-35(71-49(37)41)25-62-43(64)4-5-44(62)65/h8-11,14-19,28,33-34H,2-7,12-13,20-27H2,1H3,(H,55,68). The number of likely N-dealkylation sites (tertiary alicyclic amines) is 4. The highest BCUT2D eigenvalue weighted by atomic mass is 35.5. The van der Waals surface area contributed by atoms with Crippen LogP contribution in [-0.2, 0) is 49.8 Å². The highest BCUT2D eigenvalue weighted by Crippen LogP contribution is 2.48. The minimum atomic E-state index is -0.361. The van der Waals surface area contributed by atoms with Gasteiger partial charge in [-0.1, -0.05) is 23.2 Å². The number of benzene rings is 2. The predicted octanol–water partition coefficient (Wildman–Crippen LogP) is 8.12. The Labute approximate surface area is 432 Å². The first kappa shape index (κ1) is 46.7. The van der Waals surface area contributed by atoms with Crippen molar-refractivity contribution in [3.05, 3.63) is 91.9 Å². The van der Waals surface area contributed by atoms with Crippen LogP contribution in [0.15, 0.2) is 60.9 Å². The smallest absolute Gasteiger partial charge is 0.409 e. The number of anilines is 2. The Bertz CT molecular complexity index is 3250. The monoisotopic (exact) mass is 1050 g/mol. The van der Waals surface area contributed by atoms with Crippen molar-refractivity contribution in [2.75, 3.05) is 62.7 Å². The van der Waals surface area contributed by atoms with E-state index in [1.54, 1.807) is 29.2 Å². The van der Waals surface area contributed by atoms with E-state index < -0.39 is 0 Å². The molecule has 4 fully saturated rings. The summed E-state index contributed by atoms with van der Waals surface area (Å²) in [4.78, 5) is 98.6.